The van der Waals surface area contributed by atoms with Gasteiger partial charge in [-0.05, 0) is 62.1 Å². The van der Waals surface area contributed by atoms with Crippen molar-refractivity contribution in [3.8, 4) is 0 Å². The van der Waals surface area contributed by atoms with Crippen LogP contribution in [0.25, 0.3) is 11.0 Å². The van der Waals surface area contributed by atoms with Crippen LogP contribution in [0.3, 0.4) is 0 Å². The maximum Gasteiger partial charge on any atom is 0.291 e. The molecule has 1 aromatic heterocycles. The van der Waals surface area contributed by atoms with Crippen LogP contribution in [-0.2, 0) is 16.9 Å². The van der Waals surface area contributed by atoms with Gasteiger partial charge in [-0.2, -0.15) is 0 Å². The lowest BCUT2D eigenvalue weighted by molar-refractivity contribution is -0.126. The molecule has 4 aromatic rings. The first-order valence-electron chi connectivity index (χ1n) is 12.7. The topological polar surface area (TPSA) is 70.8 Å². The molecule has 0 bridgehead atoms. The zero-order valence-electron chi connectivity index (χ0n) is 21.4. The Morgan fingerprint density at radius 2 is 1.59 bits per heavy atom. The van der Waals surface area contributed by atoms with Crippen LogP contribution in [0.1, 0.15) is 57.3 Å². The molecule has 0 N–H and O–H groups in total. The van der Waals surface area contributed by atoms with Gasteiger partial charge in [-0.15, -0.1) is 0 Å². The van der Waals surface area contributed by atoms with Crippen LogP contribution in [0.15, 0.2) is 69.9 Å². The standard InChI is InChI=1S/C31H28N2O4/c1-5-14-33-29(35)28-26(27(34)22-15-19(3)20(4)16-25(22)37-28)31(33)23-8-6-7-9-24(23)32(30(31)36)17-21-12-10-18(2)11-13-21/h6-13,15-16H,5,14,17H2,1-4H3. The van der Waals surface area contributed by atoms with E-state index in [1.807, 2.05) is 76.2 Å². The highest BCUT2D eigenvalue weighted by Crippen LogP contribution is 2.52. The number of fused-ring (bicyclic) bond motifs is 5. The fourth-order valence-electron chi connectivity index (χ4n) is 5.80. The van der Waals surface area contributed by atoms with Crippen LogP contribution in [0, 0.1) is 20.8 Å². The summed E-state index contributed by atoms with van der Waals surface area (Å²) in [4.78, 5) is 45.9. The average Bonchev–Trinajstić information content (AvgIpc) is 3.27. The Balaban J connectivity index is 1.65. The number of nitrogens with zero attached hydrogens (tertiary/aromatic N) is 2. The monoisotopic (exact) mass is 492 g/mol. The van der Waals surface area contributed by atoms with Gasteiger partial charge in [-0.1, -0.05) is 55.0 Å². The fourth-order valence-corrected chi connectivity index (χ4v) is 5.80. The summed E-state index contributed by atoms with van der Waals surface area (Å²) in [5.41, 5.74) is 3.97. The first kappa shape index (κ1) is 23.2. The Bertz CT molecular complexity index is 1670. The minimum absolute atomic E-state index is 0.0328. The summed E-state index contributed by atoms with van der Waals surface area (Å²) >= 11 is 0. The molecule has 6 rings (SSSR count). The van der Waals surface area contributed by atoms with Crippen LogP contribution >= 0.6 is 0 Å². The van der Waals surface area contributed by atoms with Gasteiger partial charge < -0.3 is 14.2 Å². The minimum Gasteiger partial charge on any atom is -0.450 e. The largest absolute Gasteiger partial charge is 0.450 e. The minimum atomic E-state index is -1.56. The third-order valence-corrected chi connectivity index (χ3v) is 7.76. The molecule has 2 aliphatic heterocycles. The zero-order valence-corrected chi connectivity index (χ0v) is 21.4. The first-order chi connectivity index (χ1) is 17.8. The number of hydrogen-bond acceptors (Lipinski definition) is 4. The Morgan fingerprint density at radius 1 is 0.892 bits per heavy atom. The maximum absolute atomic E-state index is 14.6. The van der Waals surface area contributed by atoms with Crippen LogP contribution in [-0.4, -0.2) is 23.3 Å². The van der Waals surface area contributed by atoms with Gasteiger partial charge in [0.05, 0.1) is 23.2 Å². The quantitative estimate of drug-likeness (QED) is 0.384. The predicted molar refractivity (Wildman–Crippen MR) is 143 cm³/mol. The van der Waals surface area contributed by atoms with E-state index in [4.69, 9.17) is 4.42 Å². The fraction of sp³-hybridized carbons (Fsp3) is 0.258. The molecular formula is C31H28N2O4. The number of aryl methyl sites for hydroxylation is 3. The van der Waals surface area contributed by atoms with Crippen LogP contribution in [0.2, 0.25) is 0 Å². The van der Waals surface area contributed by atoms with E-state index in [0.717, 1.165) is 22.3 Å². The molecule has 3 aromatic carbocycles. The molecule has 0 saturated carbocycles. The summed E-state index contributed by atoms with van der Waals surface area (Å²) in [6, 6.07) is 19.1. The number of benzene rings is 3. The Kier molecular flexibility index (Phi) is 5.13. The molecule has 1 atom stereocenters. The third kappa shape index (κ3) is 3.08. The van der Waals surface area contributed by atoms with Crippen molar-refractivity contribution in [2.75, 3.05) is 11.4 Å². The van der Waals surface area contributed by atoms with Crippen molar-refractivity contribution in [2.24, 2.45) is 0 Å². The number of anilines is 1. The van der Waals surface area contributed by atoms with Gasteiger partial charge in [0, 0.05) is 12.1 Å². The summed E-state index contributed by atoms with van der Waals surface area (Å²) in [6.07, 6.45) is 0.626. The average molecular weight is 493 g/mol. The normalized spacial score (nSPS) is 18.3. The number of rotatable bonds is 4. The molecule has 6 heteroatoms. The van der Waals surface area contributed by atoms with E-state index in [1.165, 1.54) is 0 Å². The second-order valence-corrected chi connectivity index (χ2v) is 10.1. The molecule has 37 heavy (non-hydrogen) atoms. The number of para-hydroxylation sites is 1. The molecule has 0 fully saturated rings. The van der Waals surface area contributed by atoms with Gasteiger partial charge in [0.25, 0.3) is 11.8 Å². The van der Waals surface area contributed by atoms with E-state index in [9.17, 15) is 14.4 Å². The molecule has 0 aliphatic carbocycles. The van der Waals surface area contributed by atoms with Crippen molar-refractivity contribution < 1.29 is 14.0 Å². The number of hydrogen-bond donors (Lipinski definition) is 0. The van der Waals surface area contributed by atoms with Crippen LogP contribution in [0.5, 0.6) is 0 Å². The second-order valence-electron chi connectivity index (χ2n) is 10.1. The van der Waals surface area contributed by atoms with Crippen molar-refractivity contribution in [2.45, 2.75) is 46.2 Å². The Labute approximate surface area is 215 Å². The molecular weight excluding hydrogens is 464 g/mol. The van der Waals surface area contributed by atoms with E-state index in [1.54, 1.807) is 21.9 Å². The van der Waals surface area contributed by atoms with E-state index < -0.39 is 11.4 Å². The van der Waals surface area contributed by atoms with Crippen molar-refractivity contribution in [3.05, 3.63) is 110 Å². The summed E-state index contributed by atoms with van der Waals surface area (Å²) in [5.74, 6) is -0.755. The van der Waals surface area contributed by atoms with Gasteiger partial charge in [-0.25, -0.2) is 0 Å². The summed E-state index contributed by atoms with van der Waals surface area (Å²) in [6.45, 7) is 8.50. The molecule has 0 saturated heterocycles. The van der Waals surface area contributed by atoms with Gasteiger partial charge >= 0.3 is 0 Å². The zero-order chi connectivity index (χ0) is 26.1. The highest BCUT2D eigenvalue weighted by molar-refractivity contribution is 6.17. The van der Waals surface area contributed by atoms with E-state index in [0.29, 0.717) is 41.7 Å². The van der Waals surface area contributed by atoms with E-state index >= 15 is 0 Å². The smallest absolute Gasteiger partial charge is 0.291 e. The number of amides is 2. The maximum atomic E-state index is 14.6. The Morgan fingerprint density at radius 3 is 2.32 bits per heavy atom. The number of carbonyl (C=O) groups excluding carboxylic acids is 2. The summed E-state index contributed by atoms with van der Waals surface area (Å²) in [5, 5.41) is 0.384. The van der Waals surface area contributed by atoms with Crippen LogP contribution in [0.4, 0.5) is 5.69 Å². The highest BCUT2D eigenvalue weighted by Gasteiger charge is 2.64. The lowest BCUT2D eigenvalue weighted by atomic mass is 9.83. The molecule has 186 valence electrons. The third-order valence-electron chi connectivity index (χ3n) is 7.76. The molecule has 1 spiro atoms. The lowest BCUT2D eigenvalue weighted by Crippen LogP contribution is -2.53. The summed E-state index contributed by atoms with van der Waals surface area (Å²) in [7, 11) is 0. The van der Waals surface area contributed by atoms with Crippen molar-refractivity contribution in [1.29, 1.82) is 0 Å². The predicted octanol–water partition coefficient (Wildman–Crippen LogP) is 5.37. The van der Waals surface area contributed by atoms with Crippen molar-refractivity contribution in [1.82, 2.24) is 4.90 Å². The van der Waals surface area contributed by atoms with Gasteiger partial charge in [0.2, 0.25) is 5.76 Å². The van der Waals surface area contributed by atoms with Gasteiger partial charge in [0.1, 0.15) is 5.58 Å². The first-order valence-corrected chi connectivity index (χ1v) is 12.7. The molecule has 6 nitrogen and oxygen atoms in total. The molecule has 3 heterocycles. The summed E-state index contributed by atoms with van der Waals surface area (Å²) < 4.78 is 6.16. The van der Waals surface area contributed by atoms with E-state index in [-0.39, 0.29) is 22.7 Å². The molecule has 1 unspecified atom stereocenters. The van der Waals surface area contributed by atoms with Gasteiger partial charge in [-0.3, -0.25) is 14.4 Å². The molecule has 2 aliphatic rings. The van der Waals surface area contributed by atoms with E-state index in [2.05, 4.69) is 0 Å². The second kappa shape index (κ2) is 8.17. The Hall–Kier alpha value is -4.19. The number of carbonyl (C=O) groups is 2. The highest BCUT2D eigenvalue weighted by atomic mass is 16.3. The van der Waals surface area contributed by atoms with Crippen LogP contribution < -0.4 is 10.3 Å². The lowest BCUT2D eigenvalue weighted by Gasteiger charge is -2.34. The molecule has 2 amide bonds. The van der Waals surface area contributed by atoms with Gasteiger partial charge in [0.15, 0.2) is 11.0 Å². The van der Waals surface area contributed by atoms with Crippen molar-refractivity contribution >= 4 is 28.5 Å². The van der Waals surface area contributed by atoms with Crippen molar-refractivity contribution in [3.63, 3.8) is 0 Å². The SMILES string of the molecule is CCCN1C(=O)c2oc3cc(C)c(C)cc3c(=O)c2C12C(=O)N(Cc1ccc(C)cc1)c1ccccc12. The molecule has 0 radical (unpaired) electrons.